The normalized spacial score (nSPS) is 15.2. The predicted octanol–water partition coefficient (Wildman–Crippen LogP) is 2.11. The number of anilines is 2. The van der Waals surface area contributed by atoms with Crippen molar-refractivity contribution in [3.63, 3.8) is 0 Å². The Bertz CT molecular complexity index is 1290. The van der Waals surface area contributed by atoms with E-state index in [2.05, 4.69) is 30.3 Å². The number of carbonyl (C=O) groups excluding carboxylic acids is 2. The molecule has 2 heterocycles. The van der Waals surface area contributed by atoms with Crippen molar-refractivity contribution in [3.8, 4) is 0 Å². The van der Waals surface area contributed by atoms with Crippen LogP contribution in [-0.4, -0.2) is 55.9 Å². The highest BCUT2D eigenvalue weighted by Crippen LogP contribution is 2.26. The zero-order valence-electron chi connectivity index (χ0n) is 20.0. The molecule has 0 saturated carbocycles. The van der Waals surface area contributed by atoms with Crippen LogP contribution in [0.4, 0.5) is 11.6 Å². The van der Waals surface area contributed by atoms with E-state index in [-0.39, 0.29) is 29.8 Å². The first-order chi connectivity index (χ1) is 17.9. The summed E-state index contributed by atoms with van der Waals surface area (Å²) >= 11 is 0. The number of benzene rings is 2. The second kappa shape index (κ2) is 12.3. The molecule has 37 heavy (non-hydrogen) atoms. The molecular weight excluding hydrogens is 496 g/mol. The molecule has 2 aromatic carbocycles. The topological polar surface area (TPSA) is 143 Å². The molecule has 194 valence electrons. The van der Waals surface area contributed by atoms with Crippen molar-refractivity contribution in [2.24, 2.45) is 0 Å². The molecule has 1 atom stereocenters. The molecule has 3 aromatic rings. The monoisotopic (exact) mass is 524 g/mol. The predicted molar refractivity (Wildman–Crippen MR) is 137 cm³/mol. The molecule has 1 aromatic heterocycles. The summed E-state index contributed by atoms with van der Waals surface area (Å²) in [6, 6.07) is 16.9. The first kappa shape index (κ1) is 26.0. The van der Waals surface area contributed by atoms with Gasteiger partial charge in [-0.05, 0) is 60.2 Å². The molecule has 0 spiro atoms. The lowest BCUT2D eigenvalue weighted by atomic mass is 10.1. The van der Waals surface area contributed by atoms with Crippen molar-refractivity contribution in [3.05, 3.63) is 78.6 Å². The summed E-state index contributed by atoms with van der Waals surface area (Å²) in [5.41, 5.74) is 1.47. The smallest absolute Gasteiger partial charge is 0.327 e. The Hall–Kier alpha value is -4.03. The minimum atomic E-state index is -3.97. The molecule has 0 radical (unpaired) electrons. The minimum absolute atomic E-state index is 0.00604. The molecule has 1 fully saturated rings. The van der Waals surface area contributed by atoms with E-state index in [9.17, 15) is 18.0 Å². The van der Waals surface area contributed by atoms with Crippen LogP contribution in [0.5, 0.6) is 0 Å². The van der Waals surface area contributed by atoms with Gasteiger partial charge in [-0.15, -0.1) is 0 Å². The SMILES string of the molecule is O=C(CCNC(=O)c1ccc(N2CCC[C@H]2CNc2ncccn2)cc1)ONS(=O)(=O)c1ccccc1. The summed E-state index contributed by atoms with van der Waals surface area (Å²) in [7, 11) is -3.97. The van der Waals surface area contributed by atoms with Gasteiger partial charge in [-0.2, -0.15) is 0 Å². The quantitative estimate of drug-likeness (QED) is 0.321. The molecule has 0 aliphatic carbocycles. The molecule has 0 unspecified atom stereocenters. The minimum Gasteiger partial charge on any atom is -0.367 e. The third kappa shape index (κ3) is 7.24. The van der Waals surface area contributed by atoms with Crippen molar-refractivity contribution in [1.82, 2.24) is 20.2 Å². The summed E-state index contributed by atoms with van der Waals surface area (Å²) in [4.78, 5) is 41.4. The molecular formula is C25H28N6O5S. The van der Waals surface area contributed by atoms with Gasteiger partial charge in [-0.3, -0.25) is 9.59 Å². The van der Waals surface area contributed by atoms with E-state index in [0.717, 1.165) is 25.1 Å². The number of nitrogens with zero attached hydrogens (tertiary/aromatic N) is 3. The molecule has 1 aliphatic rings. The summed E-state index contributed by atoms with van der Waals surface area (Å²) in [5, 5.41) is 5.91. The molecule has 1 saturated heterocycles. The number of nitrogens with one attached hydrogen (secondary N) is 3. The summed E-state index contributed by atoms with van der Waals surface area (Å²) in [6.45, 7) is 1.63. The maximum Gasteiger partial charge on any atom is 0.327 e. The molecule has 1 aliphatic heterocycles. The van der Waals surface area contributed by atoms with E-state index in [1.807, 2.05) is 12.1 Å². The van der Waals surface area contributed by atoms with Gasteiger partial charge in [0.2, 0.25) is 5.95 Å². The van der Waals surface area contributed by atoms with E-state index in [4.69, 9.17) is 0 Å². The number of aromatic nitrogens is 2. The summed E-state index contributed by atoms with van der Waals surface area (Å²) in [5.74, 6) is -0.561. The maximum atomic E-state index is 12.5. The van der Waals surface area contributed by atoms with E-state index in [1.54, 1.807) is 53.7 Å². The van der Waals surface area contributed by atoms with Crippen LogP contribution in [0.3, 0.4) is 0 Å². The Morgan fingerprint density at radius 2 is 1.73 bits per heavy atom. The van der Waals surface area contributed by atoms with E-state index >= 15 is 0 Å². The highest BCUT2D eigenvalue weighted by Gasteiger charge is 2.25. The van der Waals surface area contributed by atoms with Gasteiger partial charge < -0.3 is 20.4 Å². The lowest BCUT2D eigenvalue weighted by Gasteiger charge is -2.27. The van der Waals surface area contributed by atoms with Crippen LogP contribution < -0.4 is 20.4 Å². The fourth-order valence-corrected chi connectivity index (χ4v) is 4.79. The molecule has 4 rings (SSSR count). The first-order valence-electron chi connectivity index (χ1n) is 11.8. The fraction of sp³-hybridized carbons (Fsp3) is 0.280. The molecule has 3 N–H and O–H groups in total. The maximum absolute atomic E-state index is 12.5. The van der Waals surface area contributed by atoms with Crippen molar-refractivity contribution in [1.29, 1.82) is 0 Å². The van der Waals surface area contributed by atoms with Crippen molar-refractivity contribution in [2.45, 2.75) is 30.2 Å². The van der Waals surface area contributed by atoms with Crippen LogP contribution in [0.1, 0.15) is 29.6 Å². The van der Waals surface area contributed by atoms with Crippen LogP contribution in [0.15, 0.2) is 78.0 Å². The Labute approximate surface area is 215 Å². The summed E-state index contributed by atoms with van der Waals surface area (Å²) < 4.78 is 24.2. The van der Waals surface area contributed by atoms with Crippen molar-refractivity contribution < 1.29 is 22.8 Å². The second-order valence-corrected chi connectivity index (χ2v) is 10.0. The van der Waals surface area contributed by atoms with Gasteiger partial charge in [0.25, 0.3) is 15.9 Å². The van der Waals surface area contributed by atoms with Gasteiger partial charge in [0, 0.05) is 49.3 Å². The van der Waals surface area contributed by atoms with Gasteiger partial charge in [0.15, 0.2) is 0 Å². The number of sulfonamides is 1. The van der Waals surface area contributed by atoms with Crippen LogP contribution >= 0.6 is 0 Å². The Balaban J connectivity index is 1.21. The van der Waals surface area contributed by atoms with Gasteiger partial charge in [-0.25, -0.2) is 18.4 Å². The molecule has 12 heteroatoms. The lowest BCUT2D eigenvalue weighted by Crippen LogP contribution is -2.35. The highest BCUT2D eigenvalue weighted by atomic mass is 32.2. The average molecular weight is 525 g/mol. The standard InChI is InChI=1S/C25H28N6O5S/c32-23(36-30-37(34,35)22-7-2-1-3-8-22)13-16-26-24(33)19-9-11-20(12-10-19)31-17-4-6-21(31)18-29-25-27-14-5-15-28-25/h1-3,5,7-12,14-15,21,30H,4,6,13,16-18H2,(H,26,33)(H,27,28,29)/t21-/m0/s1. The largest absolute Gasteiger partial charge is 0.367 e. The third-order valence-electron chi connectivity index (χ3n) is 5.83. The Morgan fingerprint density at radius 1 is 1.00 bits per heavy atom. The van der Waals surface area contributed by atoms with Crippen LogP contribution in [0.25, 0.3) is 0 Å². The van der Waals surface area contributed by atoms with Gasteiger partial charge >= 0.3 is 5.97 Å². The summed E-state index contributed by atoms with van der Waals surface area (Å²) in [6.07, 6.45) is 5.31. The van der Waals surface area contributed by atoms with Crippen LogP contribution in [-0.2, 0) is 19.7 Å². The van der Waals surface area contributed by atoms with Crippen LogP contribution in [0, 0.1) is 0 Å². The van der Waals surface area contributed by atoms with Gasteiger partial charge in [0.05, 0.1) is 11.3 Å². The zero-order valence-corrected chi connectivity index (χ0v) is 20.9. The Morgan fingerprint density at radius 3 is 2.46 bits per heavy atom. The second-order valence-electron chi connectivity index (χ2n) is 8.37. The van der Waals surface area contributed by atoms with E-state index < -0.39 is 16.0 Å². The van der Waals surface area contributed by atoms with Crippen molar-refractivity contribution in [2.75, 3.05) is 29.9 Å². The van der Waals surface area contributed by atoms with Crippen LogP contribution in [0.2, 0.25) is 0 Å². The average Bonchev–Trinajstić information content (AvgIpc) is 3.41. The molecule has 11 nitrogen and oxygen atoms in total. The lowest BCUT2D eigenvalue weighted by molar-refractivity contribution is -0.146. The van der Waals surface area contributed by atoms with E-state index in [0.29, 0.717) is 18.1 Å². The van der Waals surface area contributed by atoms with E-state index in [1.165, 1.54) is 12.1 Å². The first-order valence-corrected chi connectivity index (χ1v) is 13.3. The number of rotatable bonds is 11. The number of amides is 1. The number of hydrogen-bond acceptors (Lipinski definition) is 9. The van der Waals surface area contributed by atoms with Gasteiger partial charge in [-0.1, -0.05) is 18.2 Å². The van der Waals surface area contributed by atoms with Gasteiger partial charge in [0.1, 0.15) is 0 Å². The number of carbonyl (C=O) groups is 2. The zero-order chi connectivity index (χ0) is 26.1. The molecule has 0 bridgehead atoms. The number of hydrogen-bond donors (Lipinski definition) is 3. The highest BCUT2D eigenvalue weighted by molar-refractivity contribution is 7.89. The Kier molecular flexibility index (Phi) is 8.64. The molecule has 1 amide bonds. The fourth-order valence-electron chi connectivity index (χ4n) is 3.97. The van der Waals surface area contributed by atoms with Crippen molar-refractivity contribution >= 4 is 33.5 Å². The third-order valence-corrected chi connectivity index (χ3v) is 7.03.